The van der Waals surface area contributed by atoms with Crippen molar-refractivity contribution in [1.29, 1.82) is 0 Å². The zero-order valence-electron chi connectivity index (χ0n) is 16.1. The smallest absolute Gasteiger partial charge is 0.312 e. The van der Waals surface area contributed by atoms with Crippen LogP contribution >= 0.6 is 11.6 Å². The third kappa shape index (κ3) is 4.76. The van der Waals surface area contributed by atoms with E-state index in [0.717, 1.165) is 5.69 Å². The first-order valence-electron chi connectivity index (χ1n) is 9.75. The lowest BCUT2D eigenvalue weighted by Gasteiger charge is -2.37. The van der Waals surface area contributed by atoms with Crippen LogP contribution in [0.4, 0.5) is 5.69 Å². The summed E-state index contributed by atoms with van der Waals surface area (Å²) in [7, 11) is 0. The zero-order valence-corrected chi connectivity index (χ0v) is 16.9. The van der Waals surface area contributed by atoms with Crippen LogP contribution in [0.1, 0.15) is 19.8 Å². The molecule has 0 aliphatic carbocycles. The van der Waals surface area contributed by atoms with Gasteiger partial charge in [0.2, 0.25) is 0 Å². The summed E-state index contributed by atoms with van der Waals surface area (Å²) in [4.78, 5) is 42.3. The lowest BCUT2D eigenvalue weighted by Crippen LogP contribution is -2.54. The highest BCUT2D eigenvalue weighted by Crippen LogP contribution is 2.22. The summed E-state index contributed by atoms with van der Waals surface area (Å²) in [6, 6.07) is 7.62. The number of hydrogen-bond acceptors (Lipinski definition) is 5. The second kappa shape index (κ2) is 9.28. The molecule has 0 radical (unpaired) electrons. The number of benzene rings is 1. The van der Waals surface area contributed by atoms with Gasteiger partial charge in [-0.25, -0.2) is 0 Å². The Bertz CT molecular complexity index is 726. The van der Waals surface area contributed by atoms with Crippen molar-refractivity contribution >= 4 is 35.1 Å². The van der Waals surface area contributed by atoms with E-state index < -0.39 is 11.8 Å². The van der Waals surface area contributed by atoms with E-state index in [2.05, 4.69) is 4.90 Å². The molecule has 1 aromatic carbocycles. The summed E-state index contributed by atoms with van der Waals surface area (Å²) < 4.78 is 5.04. The lowest BCUT2D eigenvalue weighted by atomic mass is 9.97. The molecule has 3 rings (SSSR count). The molecule has 7 nitrogen and oxygen atoms in total. The number of esters is 1. The summed E-state index contributed by atoms with van der Waals surface area (Å²) in [6.07, 6.45) is 1.08. The number of hydrogen-bond donors (Lipinski definition) is 0. The molecule has 0 bridgehead atoms. The second-order valence-corrected chi connectivity index (χ2v) is 7.51. The number of halogens is 1. The van der Waals surface area contributed by atoms with E-state index in [4.69, 9.17) is 16.3 Å². The van der Waals surface area contributed by atoms with Gasteiger partial charge < -0.3 is 19.4 Å². The molecule has 2 aliphatic heterocycles. The van der Waals surface area contributed by atoms with Crippen LogP contribution in [0.3, 0.4) is 0 Å². The quantitative estimate of drug-likeness (QED) is 0.564. The summed E-state index contributed by atoms with van der Waals surface area (Å²) >= 11 is 6.05. The number of carbonyl (C=O) groups is 3. The molecule has 2 saturated heterocycles. The van der Waals surface area contributed by atoms with E-state index in [1.807, 2.05) is 24.3 Å². The van der Waals surface area contributed by atoms with Gasteiger partial charge in [0.15, 0.2) is 0 Å². The molecule has 2 fully saturated rings. The van der Waals surface area contributed by atoms with Crippen LogP contribution < -0.4 is 4.90 Å². The predicted molar refractivity (Wildman–Crippen MR) is 106 cm³/mol. The van der Waals surface area contributed by atoms with Crippen LogP contribution in [0.25, 0.3) is 0 Å². The van der Waals surface area contributed by atoms with Crippen LogP contribution in [0.5, 0.6) is 0 Å². The molecule has 1 aromatic rings. The topological polar surface area (TPSA) is 70.2 Å². The standard InChI is InChI=1S/C20H26ClN3O4/c1-2-28-20(27)15-6-8-23(9-7-15)18(25)19(26)24-12-10-22(11-13-24)17-5-3-4-16(21)14-17/h3-5,14-15H,2,6-13H2,1H3. The van der Waals surface area contributed by atoms with Gasteiger partial charge in [0.25, 0.3) is 0 Å². The van der Waals surface area contributed by atoms with Crippen molar-refractivity contribution in [2.45, 2.75) is 19.8 Å². The molecule has 0 saturated carbocycles. The molecule has 28 heavy (non-hydrogen) atoms. The van der Waals surface area contributed by atoms with Crippen molar-refractivity contribution in [1.82, 2.24) is 9.80 Å². The molecule has 0 spiro atoms. The van der Waals surface area contributed by atoms with Gasteiger partial charge in [-0.05, 0) is 38.0 Å². The lowest BCUT2D eigenvalue weighted by molar-refractivity contribution is -0.155. The Morgan fingerprint density at radius 2 is 1.61 bits per heavy atom. The van der Waals surface area contributed by atoms with Gasteiger partial charge >= 0.3 is 17.8 Å². The number of ether oxygens (including phenoxy) is 1. The fourth-order valence-electron chi connectivity index (χ4n) is 3.69. The third-order valence-electron chi connectivity index (χ3n) is 5.33. The van der Waals surface area contributed by atoms with E-state index in [1.165, 1.54) is 0 Å². The molecule has 0 aromatic heterocycles. The Labute approximate surface area is 170 Å². The van der Waals surface area contributed by atoms with Crippen LogP contribution in [-0.4, -0.2) is 73.5 Å². The number of likely N-dealkylation sites (tertiary alicyclic amines) is 1. The highest BCUT2D eigenvalue weighted by atomic mass is 35.5. The Balaban J connectivity index is 1.49. The number of carbonyl (C=O) groups excluding carboxylic acids is 3. The number of nitrogens with zero attached hydrogens (tertiary/aromatic N) is 3. The predicted octanol–water partition coefficient (Wildman–Crippen LogP) is 1.79. The van der Waals surface area contributed by atoms with Gasteiger partial charge in [0.05, 0.1) is 12.5 Å². The number of amides is 2. The molecular formula is C20H26ClN3O4. The number of piperidine rings is 1. The fourth-order valence-corrected chi connectivity index (χ4v) is 3.87. The van der Waals surface area contributed by atoms with Crippen LogP contribution in [0.15, 0.2) is 24.3 Å². The Morgan fingerprint density at radius 1 is 1.00 bits per heavy atom. The van der Waals surface area contributed by atoms with Crippen molar-refractivity contribution in [3.63, 3.8) is 0 Å². The van der Waals surface area contributed by atoms with E-state index in [-0.39, 0.29) is 11.9 Å². The first-order chi connectivity index (χ1) is 13.5. The molecule has 0 N–H and O–H groups in total. The SMILES string of the molecule is CCOC(=O)C1CCN(C(=O)C(=O)N2CCN(c3cccc(Cl)c3)CC2)CC1. The maximum Gasteiger partial charge on any atom is 0.312 e. The summed E-state index contributed by atoms with van der Waals surface area (Å²) in [5, 5.41) is 0.678. The van der Waals surface area contributed by atoms with E-state index in [0.29, 0.717) is 63.7 Å². The molecule has 8 heteroatoms. The summed E-state index contributed by atoms with van der Waals surface area (Å²) in [5.41, 5.74) is 1.02. The number of rotatable bonds is 3. The Hall–Kier alpha value is -2.28. The van der Waals surface area contributed by atoms with E-state index in [9.17, 15) is 14.4 Å². The maximum absolute atomic E-state index is 12.6. The molecule has 0 unspecified atom stereocenters. The van der Waals surface area contributed by atoms with Gasteiger partial charge in [0.1, 0.15) is 0 Å². The molecule has 2 heterocycles. The van der Waals surface area contributed by atoms with Crippen molar-refractivity contribution in [3.05, 3.63) is 29.3 Å². The largest absolute Gasteiger partial charge is 0.466 e. The fraction of sp³-hybridized carbons (Fsp3) is 0.550. The monoisotopic (exact) mass is 407 g/mol. The minimum absolute atomic E-state index is 0.180. The number of piperazine rings is 1. The summed E-state index contributed by atoms with van der Waals surface area (Å²) in [6.45, 7) is 5.27. The molecule has 152 valence electrons. The van der Waals surface area contributed by atoms with Gasteiger partial charge in [-0.1, -0.05) is 17.7 Å². The number of anilines is 1. The minimum atomic E-state index is -0.474. The van der Waals surface area contributed by atoms with Crippen molar-refractivity contribution in [3.8, 4) is 0 Å². The van der Waals surface area contributed by atoms with Crippen molar-refractivity contribution < 1.29 is 19.1 Å². The molecular weight excluding hydrogens is 382 g/mol. The first-order valence-corrected chi connectivity index (χ1v) is 10.1. The van der Waals surface area contributed by atoms with Gasteiger partial charge in [-0.2, -0.15) is 0 Å². The van der Waals surface area contributed by atoms with Gasteiger partial charge in [-0.15, -0.1) is 0 Å². The Kier molecular flexibility index (Phi) is 6.78. The van der Waals surface area contributed by atoms with Crippen LogP contribution in [0, 0.1) is 5.92 Å². The van der Waals surface area contributed by atoms with E-state index in [1.54, 1.807) is 16.7 Å². The molecule has 2 amide bonds. The Morgan fingerprint density at radius 3 is 2.18 bits per heavy atom. The van der Waals surface area contributed by atoms with Gasteiger partial charge in [0, 0.05) is 50.0 Å². The average Bonchev–Trinajstić information content (AvgIpc) is 2.73. The highest BCUT2D eigenvalue weighted by molar-refractivity contribution is 6.35. The average molecular weight is 408 g/mol. The summed E-state index contributed by atoms with van der Waals surface area (Å²) in [5.74, 6) is -1.32. The third-order valence-corrected chi connectivity index (χ3v) is 5.56. The van der Waals surface area contributed by atoms with Crippen molar-refractivity contribution in [2.24, 2.45) is 5.92 Å². The van der Waals surface area contributed by atoms with E-state index >= 15 is 0 Å². The van der Waals surface area contributed by atoms with Crippen LogP contribution in [-0.2, 0) is 19.1 Å². The van der Waals surface area contributed by atoms with Crippen molar-refractivity contribution in [2.75, 3.05) is 50.8 Å². The molecule has 0 atom stereocenters. The molecule has 2 aliphatic rings. The van der Waals surface area contributed by atoms with Gasteiger partial charge in [-0.3, -0.25) is 14.4 Å². The maximum atomic E-state index is 12.6. The second-order valence-electron chi connectivity index (χ2n) is 7.08. The van der Waals surface area contributed by atoms with Crippen LogP contribution in [0.2, 0.25) is 5.02 Å². The minimum Gasteiger partial charge on any atom is -0.466 e. The first kappa shape index (κ1) is 20.5. The normalized spacial score (nSPS) is 18.1. The highest BCUT2D eigenvalue weighted by Gasteiger charge is 2.33. The zero-order chi connectivity index (χ0) is 20.1.